The number of carbonyl (C=O) groups is 3. The van der Waals surface area contributed by atoms with Gasteiger partial charge in [-0.15, -0.1) is 0 Å². The Morgan fingerprint density at radius 3 is 2.16 bits per heavy atom. The molecule has 0 unspecified atom stereocenters. The molecule has 164 valence electrons. The Balaban J connectivity index is 1.48. The molecular weight excluding hydrogens is 400 g/mol. The van der Waals surface area contributed by atoms with Crippen molar-refractivity contribution >= 4 is 23.4 Å². The van der Waals surface area contributed by atoms with Crippen LogP contribution in [-0.4, -0.2) is 28.7 Å². The Bertz CT molecular complexity index is 1080. The van der Waals surface area contributed by atoms with Crippen LogP contribution >= 0.6 is 0 Å². The summed E-state index contributed by atoms with van der Waals surface area (Å²) in [6.45, 7) is 3.95. The van der Waals surface area contributed by atoms with Crippen LogP contribution in [0.5, 0.6) is 0 Å². The van der Waals surface area contributed by atoms with Crippen LogP contribution in [0.25, 0.3) is 0 Å². The SMILES string of the molecule is Cc1ccc(NC(=O)[C@H](Cc2ccccc2)N2C(=O)[C@@H]3[C@H](C2=O)[C@H]2C=C[C@H]3CC2)c(C)c1. The number of anilines is 1. The maximum atomic E-state index is 13.5. The number of likely N-dealkylation sites (tertiary alicyclic amines) is 1. The second-order valence-electron chi connectivity index (χ2n) is 9.40. The summed E-state index contributed by atoms with van der Waals surface area (Å²) in [7, 11) is 0. The summed E-state index contributed by atoms with van der Waals surface area (Å²) in [6, 6.07) is 14.5. The van der Waals surface area contributed by atoms with Crippen molar-refractivity contribution < 1.29 is 14.4 Å². The third-order valence-electron chi connectivity index (χ3n) is 7.32. The minimum absolute atomic E-state index is 0.103. The van der Waals surface area contributed by atoms with Crippen molar-refractivity contribution in [3.63, 3.8) is 0 Å². The highest BCUT2D eigenvalue weighted by molar-refractivity contribution is 6.10. The number of hydrogen-bond donors (Lipinski definition) is 1. The number of hydrogen-bond acceptors (Lipinski definition) is 3. The van der Waals surface area contributed by atoms with E-state index in [1.807, 2.05) is 62.4 Å². The average Bonchev–Trinajstić information content (AvgIpc) is 3.08. The first-order valence-corrected chi connectivity index (χ1v) is 11.4. The normalized spacial score (nSPS) is 26.9. The van der Waals surface area contributed by atoms with Gasteiger partial charge in [0.25, 0.3) is 0 Å². The second kappa shape index (κ2) is 8.05. The van der Waals surface area contributed by atoms with E-state index >= 15 is 0 Å². The number of benzene rings is 2. The number of nitrogens with zero attached hydrogens (tertiary/aromatic N) is 1. The van der Waals surface area contributed by atoms with Gasteiger partial charge in [-0.05, 0) is 55.7 Å². The molecule has 0 spiro atoms. The van der Waals surface area contributed by atoms with Crippen LogP contribution in [0, 0.1) is 37.5 Å². The molecule has 2 aromatic rings. The van der Waals surface area contributed by atoms with E-state index in [-0.39, 0.29) is 41.4 Å². The van der Waals surface area contributed by atoms with Gasteiger partial charge in [0.1, 0.15) is 6.04 Å². The van der Waals surface area contributed by atoms with Gasteiger partial charge in [-0.3, -0.25) is 19.3 Å². The van der Waals surface area contributed by atoms with Crippen molar-refractivity contribution in [2.24, 2.45) is 23.7 Å². The van der Waals surface area contributed by atoms with E-state index in [9.17, 15) is 14.4 Å². The summed E-state index contributed by atoms with van der Waals surface area (Å²) in [5, 5.41) is 2.99. The highest BCUT2D eigenvalue weighted by Crippen LogP contribution is 2.50. The molecular formula is C27H28N2O3. The summed E-state index contributed by atoms with van der Waals surface area (Å²) in [5.41, 5.74) is 3.69. The number of carbonyl (C=O) groups excluding carboxylic acids is 3. The molecule has 2 fully saturated rings. The molecule has 1 heterocycles. The third-order valence-corrected chi connectivity index (χ3v) is 7.32. The zero-order chi connectivity index (χ0) is 22.4. The molecule has 5 nitrogen and oxygen atoms in total. The predicted octanol–water partition coefficient (Wildman–Crippen LogP) is 4.05. The van der Waals surface area contributed by atoms with E-state index in [4.69, 9.17) is 0 Å². The average molecular weight is 429 g/mol. The van der Waals surface area contributed by atoms with Crippen LogP contribution in [0.3, 0.4) is 0 Å². The molecule has 5 heteroatoms. The van der Waals surface area contributed by atoms with Crippen molar-refractivity contribution in [3.8, 4) is 0 Å². The van der Waals surface area contributed by atoms with Gasteiger partial charge in [-0.1, -0.05) is 60.2 Å². The van der Waals surface area contributed by atoms with Gasteiger partial charge in [0, 0.05) is 12.1 Å². The molecule has 5 atom stereocenters. The molecule has 1 saturated heterocycles. The zero-order valence-electron chi connectivity index (χ0n) is 18.5. The first-order chi connectivity index (χ1) is 15.4. The van der Waals surface area contributed by atoms with Gasteiger partial charge >= 0.3 is 0 Å². The Kier molecular flexibility index (Phi) is 5.20. The largest absolute Gasteiger partial charge is 0.324 e. The Morgan fingerprint density at radius 1 is 0.969 bits per heavy atom. The summed E-state index contributed by atoms with van der Waals surface area (Å²) >= 11 is 0. The number of allylic oxidation sites excluding steroid dienone is 2. The molecule has 1 saturated carbocycles. The first kappa shape index (κ1) is 20.7. The lowest BCUT2D eigenvalue weighted by Crippen LogP contribution is -2.49. The molecule has 4 aliphatic rings. The molecule has 1 N–H and O–H groups in total. The van der Waals surface area contributed by atoms with Crippen LogP contribution < -0.4 is 5.32 Å². The van der Waals surface area contributed by atoms with Gasteiger partial charge in [0.2, 0.25) is 17.7 Å². The van der Waals surface area contributed by atoms with Gasteiger partial charge in [0.15, 0.2) is 0 Å². The minimum Gasteiger partial charge on any atom is -0.324 e. The number of nitrogens with one attached hydrogen (secondary N) is 1. The lowest BCUT2D eigenvalue weighted by molar-refractivity contribution is -0.146. The van der Waals surface area contributed by atoms with Gasteiger partial charge < -0.3 is 5.32 Å². The van der Waals surface area contributed by atoms with Crippen molar-refractivity contribution in [2.45, 2.75) is 39.2 Å². The highest BCUT2D eigenvalue weighted by Gasteiger charge is 2.58. The molecule has 1 aliphatic heterocycles. The predicted molar refractivity (Wildman–Crippen MR) is 123 cm³/mol. The molecule has 2 bridgehead atoms. The molecule has 2 aromatic carbocycles. The maximum absolute atomic E-state index is 13.5. The van der Waals surface area contributed by atoms with E-state index in [1.165, 1.54) is 4.90 Å². The van der Waals surface area contributed by atoms with E-state index in [0.717, 1.165) is 29.5 Å². The topological polar surface area (TPSA) is 66.5 Å². The number of fused-ring (bicyclic) bond motifs is 1. The number of amides is 3. The fourth-order valence-electron chi connectivity index (χ4n) is 5.71. The van der Waals surface area contributed by atoms with E-state index < -0.39 is 6.04 Å². The lowest BCUT2D eigenvalue weighted by atomic mass is 9.63. The molecule has 3 aliphatic carbocycles. The molecule has 0 aromatic heterocycles. The monoisotopic (exact) mass is 428 g/mol. The number of rotatable bonds is 5. The molecule has 32 heavy (non-hydrogen) atoms. The fourth-order valence-corrected chi connectivity index (χ4v) is 5.71. The van der Waals surface area contributed by atoms with Crippen LogP contribution in [0.15, 0.2) is 60.7 Å². The summed E-state index contributed by atoms with van der Waals surface area (Å²) in [5.74, 6) is -1.12. The Morgan fingerprint density at radius 2 is 1.59 bits per heavy atom. The van der Waals surface area contributed by atoms with Crippen molar-refractivity contribution in [1.82, 2.24) is 4.90 Å². The summed E-state index contributed by atoms with van der Waals surface area (Å²) in [6.07, 6.45) is 6.38. The van der Waals surface area contributed by atoms with E-state index in [1.54, 1.807) is 0 Å². The van der Waals surface area contributed by atoms with Crippen molar-refractivity contribution in [2.75, 3.05) is 5.32 Å². The third kappa shape index (κ3) is 3.46. The Labute approximate surface area is 188 Å². The van der Waals surface area contributed by atoms with E-state index in [0.29, 0.717) is 12.1 Å². The minimum atomic E-state index is -0.872. The van der Waals surface area contributed by atoms with Crippen LogP contribution in [-0.2, 0) is 20.8 Å². The zero-order valence-corrected chi connectivity index (χ0v) is 18.5. The Hall–Kier alpha value is -3.21. The van der Waals surface area contributed by atoms with Crippen LogP contribution in [0.2, 0.25) is 0 Å². The number of imide groups is 1. The smallest absolute Gasteiger partial charge is 0.248 e. The van der Waals surface area contributed by atoms with E-state index in [2.05, 4.69) is 17.5 Å². The fraction of sp³-hybridized carbons (Fsp3) is 0.370. The first-order valence-electron chi connectivity index (χ1n) is 11.4. The van der Waals surface area contributed by atoms with Crippen LogP contribution in [0.4, 0.5) is 5.69 Å². The van der Waals surface area contributed by atoms with Crippen molar-refractivity contribution in [1.29, 1.82) is 0 Å². The second-order valence-corrected chi connectivity index (χ2v) is 9.40. The van der Waals surface area contributed by atoms with Crippen LogP contribution in [0.1, 0.15) is 29.5 Å². The lowest BCUT2D eigenvalue weighted by Gasteiger charge is -2.38. The molecule has 6 rings (SSSR count). The van der Waals surface area contributed by atoms with Crippen molar-refractivity contribution in [3.05, 3.63) is 77.4 Å². The summed E-state index contributed by atoms with van der Waals surface area (Å²) < 4.78 is 0. The van der Waals surface area contributed by atoms with Gasteiger partial charge in [-0.25, -0.2) is 0 Å². The highest BCUT2D eigenvalue weighted by atomic mass is 16.2. The van der Waals surface area contributed by atoms with Gasteiger partial charge in [0.05, 0.1) is 11.8 Å². The molecule has 0 radical (unpaired) electrons. The maximum Gasteiger partial charge on any atom is 0.248 e. The standard InChI is InChI=1S/C27H28N2O3/c1-16-8-13-21(17(2)14-16)28-25(30)22(15-18-6-4-3-5-7-18)29-26(31)23-19-9-10-20(12-11-19)24(23)27(29)32/h3-10,13-14,19-20,22-24H,11-12,15H2,1-2H3,(H,28,30)/t19-,20-,22-,23-,24+/m0/s1. The van der Waals surface area contributed by atoms with Gasteiger partial charge in [-0.2, -0.15) is 0 Å². The molecule has 3 amide bonds. The quantitative estimate of drug-likeness (QED) is 0.577. The summed E-state index contributed by atoms with van der Waals surface area (Å²) in [4.78, 5) is 41.9. The number of aryl methyl sites for hydroxylation is 2.